The molecule has 2 N–H and O–H groups in total. The summed E-state index contributed by atoms with van der Waals surface area (Å²) in [5.41, 5.74) is 5.31. The number of carbonyl (C=O) groups excluding carboxylic acids is 1. The zero-order valence-electron chi connectivity index (χ0n) is 9.54. The summed E-state index contributed by atoms with van der Waals surface area (Å²) in [6, 6.07) is 4.46. The van der Waals surface area contributed by atoms with Crippen molar-refractivity contribution in [1.29, 1.82) is 0 Å². The fourth-order valence-corrected chi connectivity index (χ4v) is 2.49. The molecule has 0 aromatic heterocycles. The van der Waals surface area contributed by atoms with Crippen molar-refractivity contribution in [3.05, 3.63) is 34.6 Å². The second kappa shape index (κ2) is 4.27. The number of benzene rings is 1. The number of primary amides is 1. The molecule has 5 heteroatoms. The van der Waals surface area contributed by atoms with Crippen molar-refractivity contribution in [2.24, 2.45) is 5.73 Å². The van der Waals surface area contributed by atoms with Crippen LogP contribution < -0.4 is 5.73 Å². The number of hydrogen-bond donors (Lipinski definition) is 1. The minimum Gasteiger partial charge on any atom is -0.369 e. The van der Waals surface area contributed by atoms with Gasteiger partial charge in [0.1, 0.15) is 5.82 Å². The first-order valence-corrected chi connectivity index (χ1v) is 5.77. The van der Waals surface area contributed by atoms with Crippen molar-refractivity contribution in [1.82, 2.24) is 4.90 Å². The highest BCUT2D eigenvalue weighted by molar-refractivity contribution is 6.30. The fraction of sp³-hybridized carbons (Fsp3) is 0.417. The Morgan fingerprint density at radius 2 is 2.29 bits per heavy atom. The highest BCUT2D eigenvalue weighted by atomic mass is 35.5. The van der Waals surface area contributed by atoms with Crippen LogP contribution in [0.4, 0.5) is 4.39 Å². The Hall–Kier alpha value is -1.13. The molecule has 2 rings (SSSR count). The molecule has 1 fully saturated rings. The van der Waals surface area contributed by atoms with E-state index in [1.165, 1.54) is 12.1 Å². The van der Waals surface area contributed by atoms with Gasteiger partial charge in [-0.1, -0.05) is 17.7 Å². The van der Waals surface area contributed by atoms with Crippen LogP contribution in [0.1, 0.15) is 12.0 Å². The van der Waals surface area contributed by atoms with Crippen LogP contribution in [0, 0.1) is 5.82 Å². The van der Waals surface area contributed by atoms with Gasteiger partial charge in [-0.3, -0.25) is 4.79 Å². The number of nitrogens with zero attached hydrogens (tertiary/aromatic N) is 1. The molecule has 0 spiro atoms. The molecule has 17 heavy (non-hydrogen) atoms. The summed E-state index contributed by atoms with van der Waals surface area (Å²) < 4.78 is 13.5. The number of amides is 1. The van der Waals surface area contributed by atoms with E-state index >= 15 is 0 Å². The van der Waals surface area contributed by atoms with Gasteiger partial charge in [0.2, 0.25) is 5.91 Å². The summed E-state index contributed by atoms with van der Waals surface area (Å²) in [5, 5.41) is 0.0553. The van der Waals surface area contributed by atoms with Crippen LogP contribution in [0.3, 0.4) is 0 Å². The lowest BCUT2D eigenvalue weighted by Crippen LogP contribution is -2.43. The quantitative estimate of drug-likeness (QED) is 0.873. The molecule has 0 bridgehead atoms. The second-order valence-electron chi connectivity index (χ2n) is 4.56. The molecule has 92 valence electrons. The van der Waals surface area contributed by atoms with Gasteiger partial charge in [0.25, 0.3) is 0 Å². The summed E-state index contributed by atoms with van der Waals surface area (Å²) in [6.07, 6.45) is 0.611. The summed E-state index contributed by atoms with van der Waals surface area (Å²) in [5.74, 6) is -0.928. The molecule has 3 nitrogen and oxygen atoms in total. The van der Waals surface area contributed by atoms with Gasteiger partial charge in [0.15, 0.2) is 0 Å². The number of likely N-dealkylation sites (tertiary alicyclic amines) is 1. The van der Waals surface area contributed by atoms with Crippen LogP contribution in [-0.2, 0) is 10.2 Å². The molecular formula is C12H14ClFN2O. The van der Waals surface area contributed by atoms with Crippen LogP contribution in [-0.4, -0.2) is 30.9 Å². The molecule has 1 aliphatic rings. The molecule has 1 aliphatic heterocycles. The molecular weight excluding hydrogens is 243 g/mol. The van der Waals surface area contributed by atoms with Gasteiger partial charge in [-0.25, -0.2) is 4.39 Å². The van der Waals surface area contributed by atoms with Crippen molar-refractivity contribution in [3.8, 4) is 0 Å². The molecule has 0 radical (unpaired) electrons. The molecule has 1 atom stereocenters. The smallest absolute Gasteiger partial charge is 0.229 e. The van der Waals surface area contributed by atoms with Crippen molar-refractivity contribution in [2.45, 2.75) is 11.8 Å². The molecule has 0 saturated carbocycles. The molecule has 0 aliphatic carbocycles. The van der Waals surface area contributed by atoms with E-state index in [9.17, 15) is 9.18 Å². The van der Waals surface area contributed by atoms with Crippen LogP contribution in [0.15, 0.2) is 18.2 Å². The summed E-state index contributed by atoms with van der Waals surface area (Å²) >= 11 is 5.64. The summed E-state index contributed by atoms with van der Waals surface area (Å²) in [4.78, 5) is 13.7. The summed E-state index contributed by atoms with van der Waals surface area (Å²) in [7, 11) is 1.91. The Morgan fingerprint density at radius 1 is 1.59 bits per heavy atom. The number of likely N-dealkylation sites (N-methyl/N-ethyl adjacent to an activating group) is 1. The lowest BCUT2D eigenvalue weighted by molar-refractivity contribution is -0.123. The predicted octanol–water partition coefficient (Wildman–Crippen LogP) is 1.54. The van der Waals surface area contributed by atoms with E-state index in [4.69, 9.17) is 17.3 Å². The van der Waals surface area contributed by atoms with E-state index in [2.05, 4.69) is 0 Å². The van der Waals surface area contributed by atoms with Crippen molar-refractivity contribution in [3.63, 3.8) is 0 Å². The number of carbonyl (C=O) groups is 1. The second-order valence-corrected chi connectivity index (χ2v) is 4.97. The minimum absolute atomic E-state index is 0.0553. The van der Waals surface area contributed by atoms with E-state index < -0.39 is 17.1 Å². The van der Waals surface area contributed by atoms with Crippen molar-refractivity contribution < 1.29 is 9.18 Å². The van der Waals surface area contributed by atoms with Crippen LogP contribution >= 0.6 is 11.6 Å². The maximum Gasteiger partial charge on any atom is 0.229 e. The van der Waals surface area contributed by atoms with E-state index in [1.54, 1.807) is 6.07 Å². The zero-order valence-corrected chi connectivity index (χ0v) is 10.3. The third-order valence-electron chi connectivity index (χ3n) is 3.40. The van der Waals surface area contributed by atoms with Gasteiger partial charge >= 0.3 is 0 Å². The van der Waals surface area contributed by atoms with E-state index in [0.29, 0.717) is 18.5 Å². The number of hydrogen-bond acceptors (Lipinski definition) is 2. The van der Waals surface area contributed by atoms with E-state index in [-0.39, 0.29) is 5.02 Å². The van der Waals surface area contributed by atoms with Gasteiger partial charge < -0.3 is 10.6 Å². The van der Waals surface area contributed by atoms with Crippen LogP contribution in [0.5, 0.6) is 0 Å². The lowest BCUT2D eigenvalue weighted by atomic mass is 9.79. The van der Waals surface area contributed by atoms with Gasteiger partial charge in [-0.05, 0) is 37.7 Å². The van der Waals surface area contributed by atoms with Crippen molar-refractivity contribution in [2.75, 3.05) is 20.1 Å². The first-order chi connectivity index (χ1) is 7.95. The topological polar surface area (TPSA) is 46.3 Å². The van der Waals surface area contributed by atoms with Gasteiger partial charge in [-0.15, -0.1) is 0 Å². The molecule has 1 aromatic carbocycles. The fourth-order valence-electron chi connectivity index (χ4n) is 2.37. The number of halogens is 2. The Morgan fingerprint density at radius 3 is 2.76 bits per heavy atom. The summed E-state index contributed by atoms with van der Waals surface area (Å²) in [6.45, 7) is 1.29. The highest BCUT2D eigenvalue weighted by Crippen LogP contribution is 2.35. The Kier molecular flexibility index (Phi) is 3.10. The third-order valence-corrected chi connectivity index (χ3v) is 3.71. The molecule has 1 amide bonds. The Bertz CT molecular complexity index is 466. The van der Waals surface area contributed by atoms with E-state index in [1.807, 2.05) is 11.9 Å². The first-order valence-electron chi connectivity index (χ1n) is 5.40. The Balaban J connectivity index is 2.47. The lowest BCUT2D eigenvalue weighted by Gasteiger charge is -2.26. The maximum absolute atomic E-state index is 13.5. The molecule has 1 heterocycles. The third kappa shape index (κ3) is 2.03. The van der Waals surface area contributed by atoms with Gasteiger partial charge in [0.05, 0.1) is 10.4 Å². The van der Waals surface area contributed by atoms with Gasteiger partial charge in [-0.2, -0.15) is 0 Å². The number of rotatable bonds is 2. The molecule has 1 aromatic rings. The molecule has 1 saturated heterocycles. The maximum atomic E-state index is 13.5. The number of nitrogens with two attached hydrogens (primary N) is 1. The largest absolute Gasteiger partial charge is 0.369 e. The average Bonchev–Trinajstić information content (AvgIpc) is 2.66. The first kappa shape index (κ1) is 12.3. The van der Waals surface area contributed by atoms with E-state index in [0.717, 1.165) is 6.54 Å². The highest BCUT2D eigenvalue weighted by Gasteiger charge is 2.43. The zero-order chi connectivity index (χ0) is 12.6. The van der Waals surface area contributed by atoms with Gasteiger partial charge in [0, 0.05) is 6.54 Å². The van der Waals surface area contributed by atoms with Crippen LogP contribution in [0.2, 0.25) is 5.02 Å². The monoisotopic (exact) mass is 256 g/mol. The van der Waals surface area contributed by atoms with Crippen molar-refractivity contribution >= 4 is 17.5 Å². The minimum atomic E-state index is -0.791. The SMILES string of the molecule is CN1CC[C@@](C(N)=O)(c2ccc(Cl)c(F)c2)C1. The molecule has 0 unspecified atom stereocenters. The predicted molar refractivity (Wildman–Crippen MR) is 64.4 cm³/mol. The Labute approximate surface area is 104 Å². The normalized spacial score (nSPS) is 25.1. The standard InChI is InChI=1S/C12H14ClFN2O/c1-16-5-4-12(7-16,11(15)17)8-2-3-9(13)10(14)6-8/h2-3,6H,4-5,7H2,1H3,(H2,15,17)/t12-/m0/s1. The average molecular weight is 257 g/mol. The van der Waals surface area contributed by atoms with Crippen LogP contribution in [0.25, 0.3) is 0 Å².